The number of alkyl carbamates (subject to hydrolysis) is 1. The van der Waals surface area contributed by atoms with E-state index in [4.69, 9.17) is 19.9 Å². The van der Waals surface area contributed by atoms with Crippen molar-refractivity contribution in [2.24, 2.45) is 5.73 Å². The van der Waals surface area contributed by atoms with Crippen LogP contribution in [0.25, 0.3) is 0 Å². The predicted molar refractivity (Wildman–Crippen MR) is 95.5 cm³/mol. The van der Waals surface area contributed by atoms with Crippen molar-refractivity contribution in [3.63, 3.8) is 0 Å². The molecule has 0 aliphatic rings. The summed E-state index contributed by atoms with van der Waals surface area (Å²) >= 11 is 0. The first-order valence-corrected chi connectivity index (χ1v) is 7.90. The minimum atomic E-state index is -0.729. The number of hydrogen-bond acceptors (Lipinski definition) is 6. The number of amides is 3. The number of primary amides is 1. The van der Waals surface area contributed by atoms with E-state index in [9.17, 15) is 14.4 Å². The lowest BCUT2D eigenvalue weighted by Gasteiger charge is -2.19. The minimum Gasteiger partial charge on any atom is -0.493 e. The number of carbonyl (C=O) groups excluding carboxylic acids is 3. The van der Waals surface area contributed by atoms with Gasteiger partial charge in [-0.3, -0.25) is 9.59 Å². The molecule has 4 N–H and O–H groups in total. The molecule has 1 aromatic rings. The number of hydrogen-bond donors (Lipinski definition) is 3. The van der Waals surface area contributed by atoms with Crippen LogP contribution in [0.15, 0.2) is 12.1 Å². The second-order valence-electron chi connectivity index (χ2n) is 6.34. The number of benzene rings is 1. The van der Waals surface area contributed by atoms with E-state index in [-0.39, 0.29) is 24.2 Å². The Morgan fingerprint density at radius 1 is 1.08 bits per heavy atom. The van der Waals surface area contributed by atoms with E-state index in [1.54, 1.807) is 20.8 Å². The van der Waals surface area contributed by atoms with Crippen LogP contribution in [0.3, 0.4) is 0 Å². The largest absolute Gasteiger partial charge is 0.493 e. The van der Waals surface area contributed by atoms with Gasteiger partial charge >= 0.3 is 6.09 Å². The molecule has 0 fully saturated rings. The summed E-state index contributed by atoms with van der Waals surface area (Å²) in [6, 6.07) is 2.83. The molecular weight excluding hydrogens is 342 g/mol. The van der Waals surface area contributed by atoms with Crippen molar-refractivity contribution >= 4 is 23.6 Å². The van der Waals surface area contributed by atoms with Gasteiger partial charge in [-0.2, -0.15) is 0 Å². The van der Waals surface area contributed by atoms with Gasteiger partial charge in [-0.15, -0.1) is 0 Å². The van der Waals surface area contributed by atoms with Crippen molar-refractivity contribution < 1.29 is 28.6 Å². The Kier molecular flexibility index (Phi) is 7.24. The third-order valence-corrected chi connectivity index (χ3v) is 3.08. The van der Waals surface area contributed by atoms with E-state index in [1.807, 2.05) is 0 Å². The zero-order chi connectivity index (χ0) is 19.9. The van der Waals surface area contributed by atoms with Crippen LogP contribution in [0.4, 0.5) is 10.5 Å². The molecule has 0 aromatic heterocycles. The van der Waals surface area contributed by atoms with Crippen LogP contribution >= 0.6 is 0 Å². The lowest BCUT2D eigenvalue weighted by Crippen LogP contribution is -2.34. The SMILES string of the molecule is COc1cc(NC(=O)CCNC(=O)OC(C)(C)C)c(C(N)=O)cc1OC. The van der Waals surface area contributed by atoms with Crippen LogP contribution in [0.2, 0.25) is 0 Å². The van der Waals surface area contributed by atoms with Gasteiger partial charge < -0.3 is 30.6 Å². The lowest BCUT2D eigenvalue weighted by atomic mass is 10.1. The van der Waals surface area contributed by atoms with E-state index in [1.165, 1.54) is 26.4 Å². The summed E-state index contributed by atoms with van der Waals surface area (Å²) < 4.78 is 15.3. The molecule has 9 heteroatoms. The lowest BCUT2D eigenvalue weighted by molar-refractivity contribution is -0.116. The monoisotopic (exact) mass is 367 g/mol. The fourth-order valence-corrected chi connectivity index (χ4v) is 1.99. The maximum atomic E-state index is 12.1. The molecule has 0 bridgehead atoms. The Morgan fingerprint density at radius 2 is 1.65 bits per heavy atom. The average Bonchev–Trinajstić information content (AvgIpc) is 2.52. The molecule has 1 rings (SSSR count). The number of rotatable bonds is 7. The van der Waals surface area contributed by atoms with Gasteiger partial charge in [0, 0.05) is 19.0 Å². The summed E-state index contributed by atoms with van der Waals surface area (Å²) in [7, 11) is 2.85. The summed E-state index contributed by atoms with van der Waals surface area (Å²) in [5, 5.41) is 5.05. The second-order valence-corrected chi connectivity index (χ2v) is 6.34. The van der Waals surface area contributed by atoms with Crippen LogP contribution in [0, 0.1) is 0 Å². The summed E-state index contributed by atoms with van der Waals surface area (Å²) in [5.74, 6) is -0.505. The molecule has 3 amide bonds. The van der Waals surface area contributed by atoms with Crippen LogP contribution in [-0.2, 0) is 9.53 Å². The van der Waals surface area contributed by atoms with Gasteiger partial charge in [-0.1, -0.05) is 0 Å². The predicted octanol–water partition coefficient (Wildman–Crippen LogP) is 1.66. The normalized spacial score (nSPS) is 10.7. The molecule has 1 aromatic carbocycles. The highest BCUT2D eigenvalue weighted by Gasteiger charge is 2.18. The van der Waals surface area contributed by atoms with Crippen molar-refractivity contribution in [2.45, 2.75) is 32.8 Å². The number of anilines is 1. The first-order valence-electron chi connectivity index (χ1n) is 7.90. The molecule has 26 heavy (non-hydrogen) atoms. The van der Waals surface area contributed by atoms with Crippen molar-refractivity contribution in [1.82, 2.24) is 5.32 Å². The minimum absolute atomic E-state index is 0.0220. The number of ether oxygens (including phenoxy) is 3. The molecule has 0 aliphatic carbocycles. The van der Waals surface area contributed by atoms with Gasteiger partial charge in [0.2, 0.25) is 5.91 Å². The van der Waals surface area contributed by atoms with Gasteiger partial charge in [-0.25, -0.2) is 4.79 Å². The van der Waals surface area contributed by atoms with Gasteiger partial charge in [0.1, 0.15) is 5.60 Å². The highest BCUT2D eigenvalue weighted by molar-refractivity contribution is 6.04. The highest BCUT2D eigenvalue weighted by atomic mass is 16.6. The summed E-state index contributed by atoms with van der Waals surface area (Å²) in [5.41, 5.74) is 4.99. The second kappa shape index (κ2) is 8.93. The molecule has 9 nitrogen and oxygen atoms in total. The standard InChI is InChI=1S/C17H25N3O6/c1-17(2,3)26-16(23)19-7-6-14(21)20-11-9-13(25-5)12(24-4)8-10(11)15(18)22/h8-9H,6-7H2,1-5H3,(H2,18,22)(H,19,23)(H,20,21). The number of nitrogens with two attached hydrogens (primary N) is 1. The van der Waals surface area contributed by atoms with Gasteiger partial charge in [-0.05, 0) is 26.8 Å². The van der Waals surface area contributed by atoms with Crippen molar-refractivity contribution in [1.29, 1.82) is 0 Å². The molecule has 144 valence electrons. The molecule has 0 heterocycles. The van der Waals surface area contributed by atoms with E-state index in [0.29, 0.717) is 11.5 Å². The molecular formula is C17H25N3O6. The topological polar surface area (TPSA) is 129 Å². The summed E-state index contributed by atoms with van der Waals surface area (Å²) in [6.45, 7) is 5.28. The maximum absolute atomic E-state index is 12.1. The third kappa shape index (κ3) is 6.50. The number of carbonyl (C=O) groups is 3. The maximum Gasteiger partial charge on any atom is 0.407 e. The van der Waals surface area contributed by atoms with Crippen molar-refractivity contribution in [3.05, 3.63) is 17.7 Å². The molecule has 0 radical (unpaired) electrons. The Morgan fingerprint density at radius 3 is 2.15 bits per heavy atom. The van der Waals surface area contributed by atoms with Crippen LogP contribution < -0.4 is 25.8 Å². The van der Waals surface area contributed by atoms with Gasteiger partial charge in [0.25, 0.3) is 5.91 Å². The average molecular weight is 367 g/mol. The fraction of sp³-hybridized carbons (Fsp3) is 0.471. The van der Waals surface area contributed by atoms with Crippen molar-refractivity contribution in [2.75, 3.05) is 26.1 Å². The van der Waals surface area contributed by atoms with Crippen LogP contribution in [0.5, 0.6) is 11.5 Å². The van der Waals surface area contributed by atoms with Gasteiger partial charge in [0.15, 0.2) is 11.5 Å². The van der Waals surface area contributed by atoms with Crippen molar-refractivity contribution in [3.8, 4) is 11.5 Å². The van der Waals surface area contributed by atoms with E-state index in [2.05, 4.69) is 10.6 Å². The quantitative estimate of drug-likeness (QED) is 0.672. The smallest absolute Gasteiger partial charge is 0.407 e. The summed E-state index contributed by atoms with van der Waals surface area (Å²) in [4.78, 5) is 35.2. The van der Waals surface area contributed by atoms with Gasteiger partial charge in [0.05, 0.1) is 25.5 Å². The Hall–Kier alpha value is -2.97. The number of nitrogens with one attached hydrogen (secondary N) is 2. The first kappa shape index (κ1) is 21.1. The van der Waals surface area contributed by atoms with E-state index < -0.39 is 23.5 Å². The molecule has 0 atom stereocenters. The highest BCUT2D eigenvalue weighted by Crippen LogP contribution is 2.33. The number of methoxy groups -OCH3 is 2. The Balaban J connectivity index is 2.74. The Labute approximate surface area is 152 Å². The third-order valence-electron chi connectivity index (χ3n) is 3.08. The van der Waals surface area contributed by atoms with E-state index in [0.717, 1.165) is 0 Å². The molecule has 0 spiro atoms. The zero-order valence-corrected chi connectivity index (χ0v) is 15.6. The first-order chi connectivity index (χ1) is 12.1. The van der Waals surface area contributed by atoms with Crippen LogP contribution in [0.1, 0.15) is 37.6 Å². The Bertz CT molecular complexity index is 682. The molecule has 0 saturated heterocycles. The fourth-order valence-electron chi connectivity index (χ4n) is 1.99. The molecule has 0 saturated carbocycles. The molecule has 0 aliphatic heterocycles. The van der Waals surface area contributed by atoms with E-state index >= 15 is 0 Å². The zero-order valence-electron chi connectivity index (χ0n) is 15.6. The van der Waals surface area contributed by atoms with Crippen LogP contribution in [-0.4, -0.2) is 44.3 Å². The molecule has 0 unspecified atom stereocenters. The summed E-state index contributed by atoms with van der Waals surface area (Å²) in [6.07, 6.45) is -0.638.